The number of thiophene rings is 1. The van der Waals surface area contributed by atoms with Gasteiger partial charge in [0.15, 0.2) is 0 Å². The first-order chi connectivity index (χ1) is 16.5. The zero-order valence-electron chi connectivity index (χ0n) is 18.0. The standard InChI is InChI=1S/C25H20N4O4S/c30-22-14-27(13-17-4-3-11-34-17)25(31)21-12-19-18-5-1-2-6-20(18)26-23(19)24(28(21)22)15-7-9-16(10-8-15)29(32)33/h1-11,21,24,26H,12-14H2/t21-,24+/m0/s1. The lowest BCUT2D eigenvalue weighted by Crippen LogP contribution is -2.62. The number of nitrogens with zero attached hydrogens (tertiary/aromatic N) is 3. The van der Waals surface area contributed by atoms with Crippen molar-refractivity contribution < 1.29 is 14.5 Å². The second kappa shape index (κ2) is 7.81. The number of para-hydroxylation sites is 1. The molecule has 34 heavy (non-hydrogen) atoms. The van der Waals surface area contributed by atoms with E-state index >= 15 is 0 Å². The Hall–Kier alpha value is -3.98. The summed E-state index contributed by atoms with van der Waals surface area (Å²) in [6.07, 6.45) is 0.425. The van der Waals surface area contributed by atoms with E-state index in [0.717, 1.165) is 32.6 Å². The predicted molar refractivity (Wildman–Crippen MR) is 127 cm³/mol. The number of non-ortho nitro benzene ring substituents is 1. The molecule has 0 radical (unpaired) electrons. The topological polar surface area (TPSA) is 99.5 Å². The first-order valence-electron chi connectivity index (χ1n) is 11.0. The summed E-state index contributed by atoms with van der Waals surface area (Å²) in [5, 5.41) is 14.2. The number of hydrogen-bond acceptors (Lipinski definition) is 5. The van der Waals surface area contributed by atoms with E-state index in [1.54, 1.807) is 33.3 Å². The fourth-order valence-corrected chi connectivity index (χ4v) is 5.89. The minimum atomic E-state index is -0.631. The highest BCUT2D eigenvalue weighted by Gasteiger charge is 2.48. The van der Waals surface area contributed by atoms with Crippen molar-refractivity contribution in [1.29, 1.82) is 0 Å². The molecule has 0 spiro atoms. The maximum Gasteiger partial charge on any atom is 0.269 e. The van der Waals surface area contributed by atoms with Gasteiger partial charge in [-0.25, -0.2) is 0 Å². The van der Waals surface area contributed by atoms with E-state index in [9.17, 15) is 19.7 Å². The van der Waals surface area contributed by atoms with Crippen LogP contribution in [0.25, 0.3) is 10.9 Å². The molecule has 1 saturated heterocycles. The first kappa shape index (κ1) is 20.6. The van der Waals surface area contributed by atoms with Gasteiger partial charge in [-0.3, -0.25) is 19.7 Å². The van der Waals surface area contributed by atoms with Crippen LogP contribution in [0, 0.1) is 10.1 Å². The number of carbonyl (C=O) groups excluding carboxylic acids is 2. The van der Waals surface area contributed by atoms with Gasteiger partial charge in [-0.2, -0.15) is 0 Å². The van der Waals surface area contributed by atoms with E-state index in [2.05, 4.69) is 4.98 Å². The van der Waals surface area contributed by atoms with Crippen LogP contribution in [0.15, 0.2) is 66.0 Å². The van der Waals surface area contributed by atoms with Gasteiger partial charge < -0.3 is 14.8 Å². The van der Waals surface area contributed by atoms with Crippen molar-refractivity contribution in [2.75, 3.05) is 6.54 Å². The lowest BCUT2D eigenvalue weighted by molar-refractivity contribution is -0.384. The van der Waals surface area contributed by atoms with Crippen LogP contribution in [0.3, 0.4) is 0 Å². The molecule has 6 rings (SSSR count). The van der Waals surface area contributed by atoms with E-state index in [-0.39, 0.29) is 24.0 Å². The Bertz CT molecular complexity index is 1430. The Kier molecular flexibility index (Phi) is 4.73. The van der Waals surface area contributed by atoms with Gasteiger partial charge in [0, 0.05) is 40.0 Å². The van der Waals surface area contributed by atoms with Gasteiger partial charge in [0.1, 0.15) is 12.6 Å². The molecular formula is C25H20N4O4S. The third kappa shape index (κ3) is 3.19. The number of piperazine rings is 1. The van der Waals surface area contributed by atoms with Crippen molar-refractivity contribution in [2.24, 2.45) is 0 Å². The van der Waals surface area contributed by atoms with Crippen molar-refractivity contribution in [1.82, 2.24) is 14.8 Å². The van der Waals surface area contributed by atoms with Crippen LogP contribution in [0.2, 0.25) is 0 Å². The molecule has 0 unspecified atom stereocenters. The number of carbonyl (C=O) groups is 2. The van der Waals surface area contributed by atoms with Crippen molar-refractivity contribution in [3.05, 3.63) is 97.9 Å². The maximum absolute atomic E-state index is 13.7. The van der Waals surface area contributed by atoms with Crippen LogP contribution in [0.4, 0.5) is 5.69 Å². The molecule has 4 heterocycles. The zero-order chi connectivity index (χ0) is 23.4. The minimum Gasteiger partial charge on any atom is -0.356 e. The zero-order valence-corrected chi connectivity index (χ0v) is 18.8. The fourth-order valence-electron chi connectivity index (χ4n) is 5.17. The molecule has 9 heteroatoms. The highest BCUT2D eigenvalue weighted by Crippen LogP contribution is 2.43. The number of nitro benzene ring substituents is 1. The average Bonchev–Trinajstić information content (AvgIpc) is 3.49. The van der Waals surface area contributed by atoms with Gasteiger partial charge in [-0.05, 0) is 40.8 Å². The molecule has 2 amide bonds. The van der Waals surface area contributed by atoms with Gasteiger partial charge in [-0.1, -0.05) is 24.3 Å². The van der Waals surface area contributed by atoms with Crippen molar-refractivity contribution >= 4 is 39.7 Å². The molecule has 8 nitrogen and oxygen atoms in total. The number of H-pyrrole nitrogens is 1. The molecule has 2 aromatic heterocycles. The Morgan fingerprint density at radius 1 is 1.06 bits per heavy atom. The summed E-state index contributed by atoms with van der Waals surface area (Å²) >= 11 is 1.56. The van der Waals surface area contributed by atoms with Crippen LogP contribution < -0.4 is 0 Å². The minimum absolute atomic E-state index is 0.00623. The third-order valence-electron chi connectivity index (χ3n) is 6.69. The normalized spacial score (nSPS) is 19.9. The monoisotopic (exact) mass is 472 g/mol. The number of nitrogens with one attached hydrogen (secondary N) is 1. The Morgan fingerprint density at radius 3 is 2.59 bits per heavy atom. The SMILES string of the molecule is O=C1[C@@H]2Cc3c([nH]c4ccccc34)[C@@H](c3ccc([N+](=O)[O-])cc3)N2C(=O)CN1Cc1cccs1. The number of amides is 2. The number of aromatic amines is 1. The average molecular weight is 473 g/mol. The molecule has 1 fully saturated rings. The molecule has 0 aliphatic carbocycles. The fraction of sp³-hybridized carbons (Fsp3) is 0.200. The summed E-state index contributed by atoms with van der Waals surface area (Å²) in [6, 6.07) is 16.9. The quantitative estimate of drug-likeness (QED) is 0.358. The second-order valence-electron chi connectivity index (χ2n) is 8.61. The van der Waals surface area contributed by atoms with Crippen LogP contribution >= 0.6 is 11.3 Å². The maximum atomic E-state index is 13.7. The smallest absolute Gasteiger partial charge is 0.269 e. The Labute approximate surface area is 198 Å². The van der Waals surface area contributed by atoms with Crippen molar-refractivity contribution in [3.8, 4) is 0 Å². The first-order valence-corrected chi connectivity index (χ1v) is 11.9. The van der Waals surface area contributed by atoms with Crippen LogP contribution in [0.5, 0.6) is 0 Å². The molecule has 4 aromatic rings. The molecule has 2 aromatic carbocycles. The van der Waals surface area contributed by atoms with Crippen LogP contribution in [-0.4, -0.2) is 44.1 Å². The summed E-state index contributed by atoms with van der Waals surface area (Å²) in [6.45, 7) is 0.418. The van der Waals surface area contributed by atoms with Crippen LogP contribution in [-0.2, 0) is 22.6 Å². The van der Waals surface area contributed by atoms with Gasteiger partial charge in [0.05, 0.1) is 17.5 Å². The van der Waals surface area contributed by atoms with Crippen LogP contribution in [0.1, 0.15) is 27.7 Å². The number of hydrogen-bond donors (Lipinski definition) is 1. The van der Waals surface area contributed by atoms with Gasteiger partial charge in [-0.15, -0.1) is 11.3 Å². The molecule has 170 valence electrons. The molecule has 2 aliphatic rings. The lowest BCUT2D eigenvalue weighted by atomic mass is 9.86. The van der Waals surface area contributed by atoms with Gasteiger partial charge >= 0.3 is 0 Å². The molecule has 2 atom stereocenters. The summed E-state index contributed by atoms with van der Waals surface area (Å²) in [5.74, 6) is -0.204. The number of rotatable bonds is 4. The van der Waals surface area contributed by atoms with E-state index in [4.69, 9.17) is 0 Å². The van der Waals surface area contributed by atoms with Crippen molar-refractivity contribution in [2.45, 2.75) is 25.0 Å². The highest BCUT2D eigenvalue weighted by atomic mass is 32.1. The Balaban J connectivity index is 1.47. The molecule has 0 saturated carbocycles. The van der Waals surface area contributed by atoms with E-state index in [1.165, 1.54) is 12.1 Å². The van der Waals surface area contributed by atoms with E-state index in [0.29, 0.717) is 13.0 Å². The summed E-state index contributed by atoms with van der Waals surface area (Å²) in [7, 11) is 0. The molecular weight excluding hydrogens is 452 g/mol. The lowest BCUT2D eigenvalue weighted by Gasteiger charge is -2.47. The molecule has 0 bridgehead atoms. The summed E-state index contributed by atoms with van der Waals surface area (Å²) < 4.78 is 0. The Morgan fingerprint density at radius 2 is 1.85 bits per heavy atom. The number of nitro groups is 1. The molecule has 1 N–H and O–H groups in total. The number of fused-ring (bicyclic) bond motifs is 4. The third-order valence-corrected chi connectivity index (χ3v) is 7.55. The van der Waals surface area contributed by atoms with Crippen molar-refractivity contribution in [3.63, 3.8) is 0 Å². The summed E-state index contributed by atoms with van der Waals surface area (Å²) in [4.78, 5) is 45.7. The number of benzene rings is 2. The number of aromatic nitrogens is 1. The molecule has 2 aliphatic heterocycles. The van der Waals surface area contributed by atoms with Gasteiger partial charge in [0.25, 0.3) is 5.69 Å². The van der Waals surface area contributed by atoms with E-state index < -0.39 is 17.0 Å². The van der Waals surface area contributed by atoms with Gasteiger partial charge in [0.2, 0.25) is 11.8 Å². The summed E-state index contributed by atoms with van der Waals surface area (Å²) in [5.41, 5.74) is 3.53. The second-order valence-corrected chi connectivity index (χ2v) is 9.64. The largest absolute Gasteiger partial charge is 0.356 e. The predicted octanol–water partition coefficient (Wildman–Crippen LogP) is 4.02. The highest BCUT2D eigenvalue weighted by molar-refractivity contribution is 7.09. The van der Waals surface area contributed by atoms with E-state index in [1.807, 2.05) is 41.8 Å².